The fraction of sp³-hybridized carbons (Fsp3) is 0.211. The molecule has 1 amide bonds. The van der Waals surface area contributed by atoms with Crippen LogP contribution in [0.1, 0.15) is 17.0 Å². The zero-order valence-corrected chi connectivity index (χ0v) is 16.5. The van der Waals surface area contributed by atoms with Crippen LogP contribution in [0, 0.1) is 13.8 Å². The summed E-state index contributed by atoms with van der Waals surface area (Å²) >= 11 is 0. The van der Waals surface area contributed by atoms with E-state index >= 15 is 0 Å². The van der Waals surface area contributed by atoms with E-state index in [9.17, 15) is 13.2 Å². The maximum absolute atomic E-state index is 12.9. The Morgan fingerprint density at radius 1 is 1.21 bits per heavy atom. The number of amides is 1. The maximum atomic E-state index is 12.9. The fourth-order valence-electron chi connectivity index (χ4n) is 3.44. The average Bonchev–Trinajstić information content (AvgIpc) is 3.02. The largest absolute Gasteiger partial charge is 0.272 e. The number of aromatic nitrogens is 2. The topological polar surface area (TPSA) is 96.7 Å². The highest BCUT2D eigenvalue weighted by molar-refractivity contribution is 7.93. The van der Waals surface area contributed by atoms with Crippen LogP contribution in [0.2, 0.25) is 0 Å². The zero-order valence-electron chi connectivity index (χ0n) is 15.7. The molecule has 0 aliphatic carbocycles. The first-order valence-electron chi connectivity index (χ1n) is 8.67. The second-order valence-corrected chi connectivity index (χ2v) is 8.48. The molecule has 1 aromatic heterocycles. The molecule has 1 aliphatic rings. The Kier molecular flexibility index (Phi) is 4.19. The Morgan fingerprint density at radius 3 is 2.61 bits per heavy atom. The van der Waals surface area contributed by atoms with E-state index in [0.717, 1.165) is 26.6 Å². The standard InChI is InChI=1S/C19H19N5O3S/c1-12-15(13(2)23(3)22-12)10-20-21-18(25)11-24-16-8-4-6-14-7-5-9-17(19(14)16)28(24,26)27/h4-10H,11H2,1-3H3,(H,21,25)/b20-10-. The van der Waals surface area contributed by atoms with Gasteiger partial charge in [-0.1, -0.05) is 24.3 Å². The first-order valence-corrected chi connectivity index (χ1v) is 10.1. The Labute approximate surface area is 162 Å². The van der Waals surface area contributed by atoms with Crippen LogP contribution < -0.4 is 9.73 Å². The number of hydrazone groups is 1. The number of nitrogens with one attached hydrogen (secondary N) is 1. The molecule has 2 aromatic carbocycles. The number of nitrogens with zero attached hydrogens (tertiary/aromatic N) is 4. The Bertz CT molecular complexity index is 1240. The maximum Gasteiger partial charge on any atom is 0.265 e. The molecule has 0 unspecified atom stereocenters. The third-order valence-corrected chi connectivity index (χ3v) is 6.72. The summed E-state index contributed by atoms with van der Waals surface area (Å²) in [5, 5.41) is 9.71. The van der Waals surface area contributed by atoms with Gasteiger partial charge in [0.25, 0.3) is 15.9 Å². The van der Waals surface area contributed by atoms with E-state index in [1.54, 1.807) is 28.9 Å². The van der Waals surface area contributed by atoms with E-state index in [2.05, 4.69) is 15.6 Å². The lowest BCUT2D eigenvalue weighted by molar-refractivity contribution is -0.119. The number of hydrogen-bond acceptors (Lipinski definition) is 5. The van der Waals surface area contributed by atoms with Gasteiger partial charge in [-0.3, -0.25) is 13.8 Å². The lowest BCUT2D eigenvalue weighted by Crippen LogP contribution is -2.37. The molecule has 2 heterocycles. The third-order valence-electron chi connectivity index (χ3n) is 4.92. The number of carbonyl (C=O) groups excluding carboxylic acids is 1. The van der Waals surface area contributed by atoms with Gasteiger partial charge in [0.1, 0.15) is 6.54 Å². The molecule has 0 atom stereocenters. The second kappa shape index (κ2) is 6.45. The van der Waals surface area contributed by atoms with E-state index in [0.29, 0.717) is 11.1 Å². The van der Waals surface area contributed by atoms with Gasteiger partial charge in [0.2, 0.25) is 0 Å². The minimum Gasteiger partial charge on any atom is -0.272 e. The monoisotopic (exact) mass is 397 g/mol. The van der Waals surface area contributed by atoms with Crippen molar-refractivity contribution in [1.82, 2.24) is 15.2 Å². The van der Waals surface area contributed by atoms with Gasteiger partial charge < -0.3 is 0 Å². The average molecular weight is 397 g/mol. The minimum atomic E-state index is -3.77. The molecule has 144 valence electrons. The van der Waals surface area contributed by atoms with Gasteiger partial charge in [-0.05, 0) is 31.4 Å². The molecule has 3 aromatic rings. The molecule has 4 rings (SSSR count). The third kappa shape index (κ3) is 2.75. The molecule has 0 saturated carbocycles. The predicted molar refractivity (Wildman–Crippen MR) is 107 cm³/mol. The van der Waals surface area contributed by atoms with E-state index in [1.807, 2.05) is 33.0 Å². The van der Waals surface area contributed by atoms with Crippen LogP contribution in [-0.4, -0.2) is 36.9 Å². The van der Waals surface area contributed by atoms with Crippen molar-refractivity contribution in [3.63, 3.8) is 0 Å². The second-order valence-electron chi connectivity index (χ2n) is 6.64. The van der Waals surface area contributed by atoms with Crippen molar-refractivity contribution in [2.45, 2.75) is 18.7 Å². The van der Waals surface area contributed by atoms with Gasteiger partial charge in [0, 0.05) is 23.7 Å². The van der Waals surface area contributed by atoms with Gasteiger partial charge in [-0.15, -0.1) is 0 Å². The van der Waals surface area contributed by atoms with Crippen molar-refractivity contribution in [1.29, 1.82) is 0 Å². The summed E-state index contributed by atoms with van der Waals surface area (Å²) in [6.07, 6.45) is 1.52. The van der Waals surface area contributed by atoms with Crippen LogP contribution in [0.3, 0.4) is 0 Å². The van der Waals surface area contributed by atoms with Gasteiger partial charge in [0.05, 0.1) is 22.5 Å². The van der Waals surface area contributed by atoms with Gasteiger partial charge >= 0.3 is 0 Å². The summed E-state index contributed by atoms with van der Waals surface area (Å²) in [5.74, 6) is -0.524. The van der Waals surface area contributed by atoms with Crippen LogP contribution in [0.5, 0.6) is 0 Å². The van der Waals surface area contributed by atoms with E-state index in [1.165, 1.54) is 6.21 Å². The van der Waals surface area contributed by atoms with Crippen molar-refractivity contribution < 1.29 is 13.2 Å². The van der Waals surface area contributed by atoms with E-state index in [-0.39, 0.29) is 11.4 Å². The molecule has 1 aliphatic heterocycles. The summed E-state index contributed by atoms with van der Waals surface area (Å²) in [6.45, 7) is 3.40. The molecule has 0 bridgehead atoms. The van der Waals surface area contributed by atoms with Crippen molar-refractivity contribution in [2.75, 3.05) is 10.8 Å². The van der Waals surface area contributed by atoms with Crippen molar-refractivity contribution in [3.8, 4) is 0 Å². The summed E-state index contributed by atoms with van der Waals surface area (Å²) in [5.41, 5.74) is 5.44. The molecule has 0 spiro atoms. The lowest BCUT2D eigenvalue weighted by atomic mass is 10.1. The van der Waals surface area contributed by atoms with Gasteiger partial charge in [-0.25, -0.2) is 13.8 Å². The van der Waals surface area contributed by atoms with Crippen molar-refractivity contribution in [2.24, 2.45) is 12.1 Å². The van der Waals surface area contributed by atoms with Crippen LogP contribution in [0.15, 0.2) is 46.4 Å². The molecular formula is C19H19N5O3S. The molecule has 8 nitrogen and oxygen atoms in total. The highest BCUT2D eigenvalue weighted by atomic mass is 32.2. The van der Waals surface area contributed by atoms with Gasteiger partial charge in [-0.2, -0.15) is 10.2 Å². The number of hydrogen-bond donors (Lipinski definition) is 1. The minimum absolute atomic E-state index is 0.221. The first kappa shape index (κ1) is 18.2. The smallest absolute Gasteiger partial charge is 0.265 e. The molecule has 28 heavy (non-hydrogen) atoms. The lowest BCUT2D eigenvalue weighted by Gasteiger charge is -2.17. The Hall–Kier alpha value is -3.20. The number of rotatable bonds is 4. The highest BCUT2D eigenvalue weighted by Crippen LogP contribution is 2.41. The van der Waals surface area contributed by atoms with Crippen LogP contribution >= 0.6 is 0 Å². The van der Waals surface area contributed by atoms with Crippen LogP contribution in [0.4, 0.5) is 5.69 Å². The summed E-state index contributed by atoms with van der Waals surface area (Å²) in [4.78, 5) is 12.6. The molecule has 0 saturated heterocycles. The summed E-state index contributed by atoms with van der Waals surface area (Å²) in [7, 11) is -1.95. The molecule has 0 fully saturated rings. The Morgan fingerprint density at radius 2 is 1.93 bits per heavy atom. The zero-order chi connectivity index (χ0) is 20.1. The van der Waals surface area contributed by atoms with Crippen molar-refractivity contribution in [3.05, 3.63) is 53.3 Å². The molecule has 1 N–H and O–H groups in total. The SMILES string of the molecule is Cc1nn(C)c(C)c1/C=N\NC(=O)CN1c2cccc3cccc(c23)S1(=O)=O. The highest BCUT2D eigenvalue weighted by Gasteiger charge is 2.36. The number of anilines is 1. The number of carbonyl (C=O) groups is 1. The first-order chi connectivity index (χ1) is 13.3. The number of sulfonamides is 1. The number of benzene rings is 2. The number of aryl methyl sites for hydroxylation is 2. The predicted octanol–water partition coefficient (Wildman–Crippen LogP) is 1.85. The van der Waals surface area contributed by atoms with Gasteiger partial charge in [0.15, 0.2) is 0 Å². The fourth-order valence-corrected chi connectivity index (χ4v) is 5.11. The Balaban J connectivity index is 1.56. The van der Waals surface area contributed by atoms with E-state index < -0.39 is 15.9 Å². The van der Waals surface area contributed by atoms with E-state index in [4.69, 9.17) is 0 Å². The van der Waals surface area contributed by atoms with Crippen LogP contribution in [-0.2, 0) is 21.9 Å². The molecule has 0 radical (unpaired) electrons. The normalized spacial score (nSPS) is 14.9. The van der Waals surface area contributed by atoms with Crippen molar-refractivity contribution >= 4 is 38.6 Å². The summed E-state index contributed by atoms with van der Waals surface area (Å²) < 4.78 is 28.6. The molecule has 9 heteroatoms. The quantitative estimate of drug-likeness (QED) is 0.537. The summed E-state index contributed by atoms with van der Waals surface area (Å²) in [6, 6.07) is 10.4. The molecular weight excluding hydrogens is 378 g/mol. The van der Waals surface area contributed by atoms with Crippen LogP contribution in [0.25, 0.3) is 10.8 Å².